The molecule has 0 aliphatic rings. The lowest BCUT2D eigenvalue weighted by atomic mass is 10.2. The number of hydrogen-bond donors (Lipinski definition) is 0. The summed E-state index contributed by atoms with van der Waals surface area (Å²) in [7, 11) is 0. The first-order valence-corrected chi connectivity index (χ1v) is 3.26. The van der Waals surface area contributed by atoms with Crippen LogP contribution < -0.4 is 0 Å². The Morgan fingerprint density at radius 2 is 2.00 bits per heavy atom. The standard InChI is InChI=1S/C8H8Cl/c1-2-7-5-3-4-6-8(7)9/h2-6H,1H3. The van der Waals surface area contributed by atoms with Crippen molar-refractivity contribution in [3.05, 3.63) is 41.3 Å². The van der Waals surface area contributed by atoms with Crippen LogP contribution in [0.1, 0.15) is 12.5 Å². The number of benzene rings is 1. The topological polar surface area (TPSA) is 0 Å². The van der Waals surface area contributed by atoms with E-state index in [4.69, 9.17) is 11.6 Å². The molecule has 0 fully saturated rings. The van der Waals surface area contributed by atoms with Gasteiger partial charge >= 0.3 is 0 Å². The molecule has 47 valence electrons. The summed E-state index contributed by atoms with van der Waals surface area (Å²) >= 11 is 5.79. The summed E-state index contributed by atoms with van der Waals surface area (Å²) in [6.45, 7) is 1.97. The summed E-state index contributed by atoms with van der Waals surface area (Å²) in [5, 5.41) is 0.819. The highest BCUT2D eigenvalue weighted by molar-refractivity contribution is 6.31. The van der Waals surface area contributed by atoms with E-state index in [0.29, 0.717) is 0 Å². The van der Waals surface area contributed by atoms with E-state index >= 15 is 0 Å². The maximum atomic E-state index is 5.79. The maximum absolute atomic E-state index is 5.79. The monoisotopic (exact) mass is 139 g/mol. The average Bonchev–Trinajstić information content (AvgIpc) is 1.89. The van der Waals surface area contributed by atoms with E-state index in [9.17, 15) is 0 Å². The molecule has 0 saturated carbocycles. The van der Waals surface area contributed by atoms with Crippen molar-refractivity contribution in [3.8, 4) is 0 Å². The fraction of sp³-hybridized carbons (Fsp3) is 0.125. The summed E-state index contributed by atoms with van der Waals surface area (Å²) in [5.74, 6) is 0. The van der Waals surface area contributed by atoms with Gasteiger partial charge in [-0.3, -0.25) is 0 Å². The van der Waals surface area contributed by atoms with Gasteiger partial charge in [-0.1, -0.05) is 36.7 Å². The van der Waals surface area contributed by atoms with Gasteiger partial charge in [-0.05, 0) is 18.1 Å². The molecule has 0 spiro atoms. The lowest BCUT2D eigenvalue weighted by molar-refractivity contribution is 1.42. The first kappa shape index (κ1) is 6.63. The van der Waals surface area contributed by atoms with Crippen LogP contribution in [0.25, 0.3) is 0 Å². The minimum atomic E-state index is 0.819. The van der Waals surface area contributed by atoms with Crippen LogP contribution in [0.4, 0.5) is 0 Å². The van der Waals surface area contributed by atoms with Crippen LogP contribution in [0.2, 0.25) is 5.02 Å². The lowest BCUT2D eigenvalue weighted by Gasteiger charge is -1.95. The molecule has 1 heteroatoms. The molecule has 1 aromatic carbocycles. The zero-order chi connectivity index (χ0) is 6.69. The molecular formula is C8H8Cl. The van der Waals surface area contributed by atoms with Crippen molar-refractivity contribution in [1.82, 2.24) is 0 Å². The van der Waals surface area contributed by atoms with Gasteiger partial charge in [0, 0.05) is 5.02 Å². The molecule has 0 amide bonds. The summed E-state index contributed by atoms with van der Waals surface area (Å²) in [4.78, 5) is 0. The van der Waals surface area contributed by atoms with Gasteiger partial charge in [0.15, 0.2) is 0 Å². The van der Waals surface area contributed by atoms with E-state index in [1.165, 1.54) is 0 Å². The van der Waals surface area contributed by atoms with Gasteiger partial charge in [-0.15, -0.1) is 0 Å². The average molecular weight is 140 g/mol. The quantitative estimate of drug-likeness (QED) is 0.561. The molecule has 1 aromatic rings. The molecule has 0 unspecified atom stereocenters. The van der Waals surface area contributed by atoms with Crippen LogP contribution >= 0.6 is 11.6 Å². The van der Waals surface area contributed by atoms with Crippen molar-refractivity contribution in [2.75, 3.05) is 0 Å². The van der Waals surface area contributed by atoms with Gasteiger partial charge in [0.25, 0.3) is 0 Å². The van der Waals surface area contributed by atoms with E-state index in [0.717, 1.165) is 10.6 Å². The van der Waals surface area contributed by atoms with Gasteiger partial charge in [0.05, 0.1) is 0 Å². The third-order valence-electron chi connectivity index (χ3n) is 1.22. The van der Waals surface area contributed by atoms with Gasteiger partial charge in [-0.25, -0.2) is 0 Å². The second kappa shape index (κ2) is 2.88. The molecule has 1 rings (SSSR count). The zero-order valence-corrected chi connectivity index (χ0v) is 6.02. The number of hydrogen-bond acceptors (Lipinski definition) is 0. The van der Waals surface area contributed by atoms with Crippen molar-refractivity contribution < 1.29 is 0 Å². The van der Waals surface area contributed by atoms with E-state index in [2.05, 4.69) is 0 Å². The predicted molar refractivity (Wildman–Crippen MR) is 40.5 cm³/mol. The Morgan fingerprint density at radius 3 is 2.44 bits per heavy atom. The van der Waals surface area contributed by atoms with Gasteiger partial charge < -0.3 is 0 Å². The second-order valence-electron chi connectivity index (χ2n) is 1.81. The Morgan fingerprint density at radius 1 is 1.33 bits per heavy atom. The molecule has 0 atom stereocenters. The van der Waals surface area contributed by atoms with Gasteiger partial charge in [0.2, 0.25) is 0 Å². The Bertz CT molecular complexity index is 194. The fourth-order valence-corrected chi connectivity index (χ4v) is 0.954. The molecule has 0 aliphatic heterocycles. The molecule has 0 aromatic heterocycles. The largest absolute Gasteiger partial charge is 0.0840 e. The fourth-order valence-electron chi connectivity index (χ4n) is 0.709. The van der Waals surface area contributed by atoms with Crippen molar-refractivity contribution >= 4 is 11.6 Å². The van der Waals surface area contributed by atoms with Gasteiger partial charge in [-0.2, -0.15) is 0 Å². The normalized spacial score (nSPS) is 9.56. The first-order valence-electron chi connectivity index (χ1n) is 2.88. The van der Waals surface area contributed by atoms with E-state index in [1.807, 2.05) is 37.6 Å². The summed E-state index contributed by atoms with van der Waals surface area (Å²) in [6, 6.07) is 7.77. The maximum Gasteiger partial charge on any atom is 0.0440 e. The molecule has 0 nitrogen and oxygen atoms in total. The predicted octanol–water partition coefficient (Wildman–Crippen LogP) is 2.91. The highest BCUT2D eigenvalue weighted by atomic mass is 35.5. The van der Waals surface area contributed by atoms with Crippen molar-refractivity contribution in [2.45, 2.75) is 6.92 Å². The Hall–Kier alpha value is -0.490. The smallest absolute Gasteiger partial charge is 0.0440 e. The molecule has 1 radical (unpaired) electrons. The van der Waals surface area contributed by atoms with Crippen molar-refractivity contribution in [3.63, 3.8) is 0 Å². The zero-order valence-electron chi connectivity index (χ0n) is 5.26. The van der Waals surface area contributed by atoms with Gasteiger partial charge in [0.1, 0.15) is 0 Å². The van der Waals surface area contributed by atoms with E-state index in [1.54, 1.807) is 0 Å². The summed E-state index contributed by atoms with van der Waals surface area (Å²) in [5.41, 5.74) is 1.10. The Labute approximate surface area is 60.5 Å². The van der Waals surface area contributed by atoms with Crippen LogP contribution in [0.15, 0.2) is 24.3 Å². The molecular weight excluding hydrogens is 132 g/mol. The Kier molecular flexibility index (Phi) is 2.12. The molecule has 0 N–H and O–H groups in total. The minimum Gasteiger partial charge on any atom is -0.0840 e. The lowest BCUT2D eigenvalue weighted by Crippen LogP contribution is -1.75. The second-order valence-corrected chi connectivity index (χ2v) is 2.22. The molecule has 0 saturated heterocycles. The van der Waals surface area contributed by atoms with E-state index < -0.39 is 0 Å². The van der Waals surface area contributed by atoms with Crippen LogP contribution in [-0.2, 0) is 0 Å². The number of rotatable bonds is 1. The third kappa shape index (κ3) is 1.46. The van der Waals surface area contributed by atoms with E-state index in [-0.39, 0.29) is 0 Å². The summed E-state index contributed by atoms with van der Waals surface area (Å²) < 4.78 is 0. The summed E-state index contributed by atoms with van der Waals surface area (Å²) in [6.07, 6.45) is 1.99. The van der Waals surface area contributed by atoms with Crippen LogP contribution in [0, 0.1) is 6.42 Å². The molecule has 0 bridgehead atoms. The Balaban J connectivity index is 3.01. The molecule has 0 heterocycles. The molecule has 0 aliphatic carbocycles. The highest BCUT2D eigenvalue weighted by Crippen LogP contribution is 2.15. The van der Waals surface area contributed by atoms with Crippen LogP contribution in [0.5, 0.6) is 0 Å². The minimum absolute atomic E-state index is 0.819. The van der Waals surface area contributed by atoms with Crippen LogP contribution in [-0.4, -0.2) is 0 Å². The molecule has 9 heavy (non-hydrogen) atoms. The van der Waals surface area contributed by atoms with Crippen molar-refractivity contribution in [1.29, 1.82) is 0 Å². The third-order valence-corrected chi connectivity index (χ3v) is 1.56. The van der Waals surface area contributed by atoms with Crippen LogP contribution in [0.3, 0.4) is 0 Å². The first-order chi connectivity index (χ1) is 4.34. The SMILES string of the molecule is C[CH]c1ccccc1Cl. The van der Waals surface area contributed by atoms with Crippen molar-refractivity contribution in [2.24, 2.45) is 0 Å². The number of halogens is 1. The highest BCUT2D eigenvalue weighted by Gasteiger charge is 1.92.